The molecule has 0 bridgehead atoms. The Labute approximate surface area is 115 Å². The predicted molar refractivity (Wildman–Crippen MR) is 75.3 cm³/mol. The van der Waals surface area contributed by atoms with Crippen molar-refractivity contribution in [3.8, 4) is 0 Å². The lowest BCUT2D eigenvalue weighted by atomic mass is 10.1. The fraction of sp³-hybridized carbons (Fsp3) is 0.188. The maximum Gasteiger partial charge on any atom is 0.343 e. The lowest BCUT2D eigenvalue weighted by Crippen LogP contribution is -1.99. The van der Waals surface area contributed by atoms with Crippen LogP contribution < -0.4 is 0 Å². The van der Waals surface area contributed by atoms with Gasteiger partial charge in [0.05, 0.1) is 5.57 Å². The molecule has 1 aromatic heterocycles. The minimum atomic E-state index is -0.254. The van der Waals surface area contributed by atoms with Crippen molar-refractivity contribution in [1.82, 2.24) is 0 Å². The van der Waals surface area contributed by atoms with Crippen LogP contribution in [0.5, 0.6) is 0 Å². The molecule has 0 N–H and O–H groups in total. The zero-order chi connectivity index (χ0) is 12.8. The molecule has 0 amide bonds. The fourth-order valence-electron chi connectivity index (χ4n) is 2.48. The largest absolute Gasteiger partial charge is 0.422 e. The number of rotatable bonds is 2. The number of esters is 1. The zero-order valence-electron chi connectivity index (χ0n) is 10.2. The Bertz CT molecular complexity index is 659. The molecule has 3 aliphatic rings. The van der Waals surface area contributed by atoms with E-state index < -0.39 is 0 Å². The summed E-state index contributed by atoms with van der Waals surface area (Å²) < 4.78 is 5.37. The van der Waals surface area contributed by atoms with Crippen LogP contribution in [-0.2, 0) is 9.53 Å². The summed E-state index contributed by atoms with van der Waals surface area (Å²) in [7, 11) is 0. The van der Waals surface area contributed by atoms with E-state index in [-0.39, 0.29) is 5.97 Å². The Morgan fingerprint density at radius 2 is 2.32 bits per heavy atom. The zero-order valence-corrected chi connectivity index (χ0v) is 11.0. The molecule has 94 valence electrons. The van der Waals surface area contributed by atoms with Gasteiger partial charge in [0.2, 0.25) is 0 Å². The summed E-state index contributed by atoms with van der Waals surface area (Å²) >= 11 is 1.61. The van der Waals surface area contributed by atoms with Crippen molar-refractivity contribution in [2.45, 2.75) is 6.42 Å². The summed E-state index contributed by atoms with van der Waals surface area (Å²) in [6, 6.07) is 3.97. The molecule has 1 saturated carbocycles. The van der Waals surface area contributed by atoms with Crippen molar-refractivity contribution in [3.05, 3.63) is 63.6 Å². The Kier molecular flexibility index (Phi) is 2.35. The van der Waals surface area contributed by atoms with Crippen LogP contribution in [0.2, 0.25) is 0 Å². The van der Waals surface area contributed by atoms with E-state index in [1.165, 1.54) is 6.42 Å². The van der Waals surface area contributed by atoms with Gasteiger partial charge in [0, 0.05) is 10.5 Å². The summed E-state index contributed by atoms with van der Waals surface area (Å²) in [5.74, 6) is 1.82. The molecule has 2 heterocycles. The third-order valence-electron chi connectivity index (χ3n) is 3.66. The van der Waals surface area contributed by atoms with Crippen molar-refractivity contribution in [3.63, 3.8) is 0 Å². The number of carbonyl (C=O) groups is 1. The molecule has 1 aliphatic heterocycles. The first-order valence-electron chi connectivity index (χ1n) is 6.39. The standard InChI is InChI=1S/C16H12O2S/c17-16-13(8-14-2-1-5-19-14)9-15(18-16)11-4-3-10-6-12(10)7-11/h1-5,7-10,12H,6H2/b13-8-. The van der Waals surface area contributed by atoms with Crippen LogP contribution in [-0.4, -0.2) is 5.97 Å². The van der Waals surface area contributed by atoms with E-state index in [0.717, 1.165) is 16.4 Å². The highest BCUT2D eigenvalue weighted by Crippen LogP contribution is 2.45. The third kappa shape index (κ3) is 2.00. The van der Waals surface area contributed by atoms with Gasteiger partial charge in [-0.15, -0.1) is 11.3 Å². The van der Waals surface area contributed by atoms with Crippen LogP contribution in [0.15, 0.2) is 58.7 Å². The molecule has 4 rings (SSSR count). The van der Waals surface area contributed by atoms with Crippen molar-refractivity contribution in [2.24, 2.45) is 11.8 Å². The average molecular weight is 268 g/mol. The Balaban J connectivity index is 1.65. The van der Waals surface area contributed by atoms with Gasteiger partial charge in [0.15, 0.2) is 0 Å². The first-order valence-corrected chi connectivity index (χ1v) is 7.27. The van der Waals surface area contributed by atoms with E-state index in [9.17, 15) is 4.79 Å². The monoisotopic (exact) mass is 268 g/mol. The van der Waals surface area contributed by atoms with Gasteiger partial charge < -0.3 is 4.74 Å². The SMILES string of the molecule is O=C1OC(C2=CC3CC3C=C2)=C/C1=C/c1cccs1. The summed E-state index contributed by atoms with van der Waals surface area (Å²) in [6.07, 6.45) is 11.5. The number of allylic oxidation sites excluding steroid dienone is 3. The molecule has 1 fully saturated rings. The van der Waals surface area contributed by atoms with Crippen molar-refractivity contribution in [2.75, 3.05) is 0 Å². The Morgan fingerprint density at radius 1 is 1.37 bits per heavy atom. The summed E-state index contributed by atoms with van der Waals surface area (Å²) in [5, 5.41) is 2.00. The topological polar surface area (TPSA) is 26.3 Å². The van der Waals surface area contributed by atoms with Crippen molar-refractivity contribution >= 4 is 23.4 Å². The second kappa shape index (κ2) is 4.07. The van der Waals surface area contributed by atoms with Crippen LogP contribution >= 0.6 is 11.3 Å². The second-order valence-corrected chi connectivity index (χ2v) is 6.04. The fourth-order valence-corrected chi connectivity index (χ4v) is 3.15. The molecule has 19 heavy (non-hydrogen) atoms. The summed E-state index contributed by atoms with van der Waals surface area (Å²) in [6.45, 7) is 0. The maximum absolute atomic E-state index is 11.9. The van der Waals surface area contributed by atoms with Crippen LogP contribution in [0.3, 0.4) is 0 Å². The molecule has 2 nitrogen and oxygen atoms in total. The van der Waals surface area contributed by atoms with Gasteiger partial charge in [-0.3, -0.25) is 0 Å². The maximum atomic E-state index is 11.9. The first kappa shape index (κ1) is 11.0. The van der Waals surface area contributed by atoms with Gasteiger partial charge in [-0.25, -0.2) is 4.79 Å². The van der Waals surface area contributed by atoms with Gasteiger partial charge >= 0.3 is 5.97 Å². The minimum Gasteiger partial charge on any atom is -0.422 e. The highest BCUT2D eigenvalue weighted by molar-refractivity contribution is 7.10. The molecular weight excluding hydrogens is 256 g/mol. The lowest BCUT2D eigenvalue weighted by Gasteiger charge is -2.05. The van der Waals surface area contributed by atoms with Gasteiger partial charge in [0.1, 0.15) is 5.76 Å². The number of hydrogen-bond donors (Lipinski definition) is 0. The quantitative estimate of drug-likeness (QED) is 0.604. The normalized spacial score (nSPS) is 29.9. The van der Waals surface area contributed by atoms with Gasteiger partial charge in [-0.05, 0) is 41.9 Å². The molecule has 0 saturated heterocycles. The smallest absolute Gasteiger partial charge is 0.343 e. The Morgan fingerprint density at radius 3 is 3.11 bits per heavy atom. The second-order valence-electron chi connectivity index (χ2n) is 5.06. The number of carbonyl (C=O) groups excluding carboxylic acids is 1. The van der Waals surface area contributed by atoms with E-state index in [1.54, 1.807) is 11.3 Å². The number of thiophene rings is 1. The molecule has 0 spiro atoms. The van der Waals surface area contributed by atoms with E-state index in [2.05, 4.69) is 18.2 Å². The molecule has 2 unspecified atom stereocenters. The van der Waals surface area contributed by atoms with Crippen molar-refractivity contribution < 1.29 is 9.53 Å². The molecule has 2 aliphatic carbocycles. The van der Waals surface area contributed by atoms with Crippen molar-refractivity contribution in [1.29, 1.82) is 0 Å². The molecule has 2 atom stereocenters. The van der Waals surface area contributed by atoms with Crippen LogP contribution in [0, 0.1) is 11.8 Å². The first-order chi connectivity index (χ1) is 9.29. The van der Waals surface area contributed by atoms with Crippen LogP contribution in [0.1, 0.15) is 11.3 Å². The highest BCUT2D eigenvalue weighted by atomic mass is 32.1. The summed E-state index contributed by atoms with van der Waals surface area (Å²) in [4.78, 5) is 12.9. The van der Waals surface area contributed by atoms with E-state index in [0.29, 0.717) is 17.3 Å². The summed E-state index contributed by atoms with van der Waals surface area (Å²) in [5.41, 5.74) is 1.67. The molecule has 3 heteroatoms. The van der Waals surface area contributed by atoms with Crippen LogP contribution in [0.4, 0.5) is 0 Å². The van der Waals surface area contributed by atoms with E-state index in [4.69, 9.17) is 4.74 Å². The molecular formula is C16H12O2S. The minimum absolute atomic E-state index is 0.254. The van der Waals surface area contributed by atoms with E-state index in [1.807, 2.05) is 29.7 Å². The molecule has 0 radical (unpaired) electrons. The number of ether oxygens (including phenoxy) is 1. The van der Waals surface area contributed by atoms with Gasteiger partial charge in [0.25, 0.3) is 0 Å². The molecule has 1 aromatic rings. The van der Waals surface area contributed by atoms with Gasteiger partial charge in [-0.2, -0.15) is 0 Å². The average Bonchev–Trinajstić information content (AvgIpc) is 2.83. The number of fused-ring (bicyclic) bond motifs is 1. The highest BCUT2D eigenvalue weighted by Gasteiger charge is 2.36. The third-order valence-corrected chi connectivity index (χ3v) is 4.48. The molecule has 0 aromatic carbocycles. The predicted octanol–water partition coefficient (Wildman–Crippen LogP) is 3.70. The number of cyclic esters (lactones) is 1. The Hall–Kier alpha value is -1.87. The number of hydrogen-bond acceptors (Lipinski definition) is 3. The lowest BCUT2D eigenvalue weighted by molar-refractivity contribution is -0.132. The van der Waals surface area contributed by atoms with Crippen LogP contribution in [0.25, 0.3) is 6.08 Å². The van der Waals surface area contributed by atoms with Gasteiger partial charge in [-0.1, -0.05) is 24.3 Å². The van der Waals surface area contributed by atoms with E-state index >= 15 is 0 Å².